The molecule has 3 aromatic rings. The second kappa shape index (κ2) is 6.81. The molecule has 0 saturated heterocycles. The minimum atomic E-state index is 0.171. The summed E-state index contributed by atoms with van der Waals surface area (Å²) in [6.45, 7) is 1.70. The minimum absolute atomic E-state index is 0.171. The molecule has 0 aliphatic carbocycles. The predicted molar refractivity (Wildman–Crippen MR) is 82.8 cm³/mol. The molecule has 1 atom stereocenters. The molecule has 0 spiro atoms. The molecule has 0 bridgehead atoms. The lowest BCUT2D eigenvalue weighted by atomic mass is 10.00. The third-order valence-corrected chi connectivity index (χ3v) is 3.42. The van der Waals surface area contributed by atoms with Crippen molar-refractivity contribution < 1.29 is 0 Å². The van der Waals surface area contributed by atoms with E-state index in [1.807, 2.05) is 35.4 Å². The van der Waals surface area contributed by atoms with E-state index in [-0.39, 0.29) is 6.04 Å². The first-order valence-electron chi connectivity index (χ1n) is 7.09. The van der Waals surface area contributed by atoms with Crippen LogP contribution in [0, 0.1) is 0 Å². The van der Waals surface area contributed by atoms with Gasteiger partial charge in [-0.1, -0.05) is 30.3 Å². The van der Waals surface area contributed by atoms with Crippen molar-refractivity contribution >= 4 is 0 Å². The first-order valence-corrected chi connectivity index (χ1v) is 7.09. The van der Waals surface area contributed by atoms with Crippen molar-refractivity contribution in [2.75, 3.05) is 6.54 Å². The molecule has 0 saturated carbocycles. The molecule has 3 rings (SSSR count). The van der Waals surface area contributed by atoms with E-state index in [9.17, 15) is 0 Å². The zero-order valence-electron chi connectivity index (χ0n) is 11.8. The fourth-order valence-corrected chi connectivity index (χ4v) is 2.39. The molecule has 4 nitrogen and oxygen atoms in total. The van der Waals surface area contributed by atoms with E-state index in [2.05, 4.69) is 51.8 Å². The van der Waals surface area contributed by atoms with Gasteiger partial charge in [0.2, 0.25) is 0 Å². The number of benzene rings is 1. The lowest BCUT2D eigenvalue weighted by Gasteiger charge is -2.19. The summed E-state index contributed by atoms with van der Waals surface area (Å²) in [7, 11) is 0. The first-order chi connectivity index (χ1) is 10.4. The summed E-state index contributed by atoms with van der Waals surface area (Å²) >= 11 is 0. The number of pyridine rings is 1. The molecule has 0 amide bonds. The Morgan fingerprint density at radius 3 is 2.38 bits per heavy atom. The molecule has 2 heterocycles. The molecule has 1 unspecified atom stereocenters. The number of nitrogens with one attached hydrogen (secondary N) is 1. The number of nitrogens with zero attached hydrogens (tertiary/aromatic N) is 3. The van der Waals surface area contributed by atoms with Crippen molar-refractivity contribution in [3.05, 3.63) is 84.4 Å². The van der Waals surface area contributed by atoms with Gasteiger partial charge in [0.05, 0.1) is 12.6 Å². The molecule has 106 valence electrons. The Bertz CT molecular complexity index is 596. The molecule has 0 radical (unpaired) electrons. The molecule has 4 heteroatoms. The van der Waals surface area contributed by atoms with Gasteiger partial charge in [0.1, 0.15) is 0 Å². The van der Waals surface area contributed by atoms with E-state index >= 15 is 0 Å². The molecule has 0 aliphatic heterocycles. The Kier molecular flexibility index (Phi) is 4.39. The van der Waals surface area contributed by atoms with Crippen molar-refractivity contribution in [1.82, 2.24) is 20.1 Å². The third-order valence-electron chi connectivity index (χ3n) is 3.42. The van der Waals surface area contributed by atoms with E-state index in [1.54, 1.807) is 6.20 Å². The maximum absolute atomic E-state index is 4.23. The number of hydrogen-bond donors (Lipinski definition) is 1. The highest BCUT2D eigenvalue weighted by Gasteiger charge is 2.12. The predicted octanol–water partition coefficient (Wildman–Crippen LogP) is 2.66. The fourth-order valence-electron chi connectivity index (χ4n) is 2.39. The molecule has 2 aromatic heterocycles. The van der Waals surface area contributed by atoms with Gasteiger partial charge in [0.25, 0.3) is 0 Å². The monoisotopic (exact) mass is 278 g/mol. The van der Waals surface area contributed by atoms with Gasteiger partial charge in [-0.25, -0.2) is 0 Å². The Labute approximate surface area is 124 Å². The van der Waals surface area contributed by atoms with Crippen LogP contribution in [0.2, 0.25) is 0 Å². The van der Waals surface area contributed by atoms with Gasteiger partial charge in [-0.15, -0.1) is 0 Å². The summed E-state index contributed by atoms with van der Waals surface area (Å²) in [4.78, 5) is 4.10. The Morgan fingerprint density at radius 1 is 0.905 bits per heavy atom. The normalized spacial score (nSPS) is 12.2. The summed E-state index contributed by atoms with van der Waals surface area (Å²) in [5.41, 5.74) is 2.47. The highest BCUT2D eigenvalue weighted by atomic mass is 15.3. The topological polar surface area (TPSA) is 42.7 Å². The Balaban J connectivity index is 1.73. The van der Waals surface area contributed by atoms with Gasteiger partial charge in [-0.05, 0) is 29.3 Å². The van der Waals surface area contributed by atoms with Crippen LogP contribution >= 0.6 is 0 Å². The van der Waals surface area contributed by atoms with Crippen LogP contribution in [-0.2, 0) is 6.54 Å². The van der Waals surface area contributed by atoms with Crippen LogP contribution in [0.1, 0.15) is 17.2 Å². The van der Waals surface area contributed by atoms with Gasteiger partial charge in [0, 0.05) is 31.3 Å². The summed E-state index contributed by atoms with van der Waals surface area (Å²) < 4.78 is 1.93. The van der Waals surface area contributed by atoms with Crippen LogP contribution in [-0.4, -0.2) is 21.3 Å². The highest BCUT2D eigenvalue weighted by molar-refractivity contribution is 5.30. The van der Waals surface area contributed by atoms with Gasteiger partial charge in [0.15, 0.2) is 0 Å². The van der Waals surface area contributed by atoms with Crippen molar-refractivity contribution in [1.29, 1.82) is 0 Å². The lowest BCUT2D eigenvalue weighted by Crippen LogP contribution is -2.26. The fraction of sp³-hybridized carbons (Fsp3) is 0.176. The average molecular weight is 278 g/mol. The standard InChI is InChI=1S/C17H18N4/c1-2-5-15(6-3-1)17(16-7-10-18-11-8-16)19-12-14-21-13-4-9-20-21/h1-11,13,17,19H,12,14H2. The maximum atomic E-state index is 4.23. The quantitative estimate of drug-likeness (QED) is 0.754. The maximum Gasteiger partial charge on any atom is 0.0578 e. The summed E-state index contributed by atoms with van der Waals surface area (Å²) in [5, 5.41) is 7.83. The lowest BCUT2D eigenvalue weighted by molar-refractivity contribution is 0.522. The highest BCUT2D eigenvalue weighted by Crippen LogP contribution is 2.20. The van der Waals surface area contributed by atoms with Crippen molar-refractivity contribution in [3.63, 3.8) is 0 Å². The molecule has 1 N–H and O–H groups in total. The van der Waals surface area contributed by atoms with E-state index in [1.165, 1.54) is 11.1 Å². The SMILES string of the molecule is c1ccc(C(NCCn2cccn2)c2ccncc2)cc1. The van der Waals surface area contributed by atoms with Crippen LogP contribution in [0.5, 0.6) is 0 Å². The minimum Gasteiger partial charge on any atom is -0.304 e. The summed E-state index contributed by atoms with van der Waals surface area (Å²) in [5.74, 6) is 0. The van der Waals surface area contributed by atoms with Crippen LogP contribution in [0.25, 0.3) is 0 Å². The van der Waals surface area contributed by atoms with Crippen LogP contribution in [0.4, 0.5) is 0 Å². The van der Waals surface area contributed by atoms with Crippen LogP contribution < -0.4 is 5.32 Å². The third kappa shape index (κ3) is 3.55. The summed E-state index contributed by atoms with van der Waals surface area (Å²) in [6.07, 6.45) is 7.45. The molecule has 21 heavy (non-hydrogen) atoms. The number of hydrogen-bond acceptors (Lipinski definition) is 3. The first kappa shape index (κ1) is 13.5. The Morgan fingerprint density at radius 2 is 1.67 bits per heavy atom. The van der Waals surface area contributed by atoms with Crippen LogP contribution in [0.15, 0.2) is 73.3 Å². The van der Waals surface area contributed by atoms with Gasteiger partial charge >= 0.3 is 0 Å². The van der Waals surface area contributed by atoms with E-state index < -0.39 is 0 Å². The largest absolute Gasteiger partial charge is 0.304 e. The average Bonchev–Trinajstić information content (AvgIpc) is 3.07. The van der Waals surface area contributed by atoms with Gasteiger partial charge in [-0.2, -0.15) is 5.10 Å². The smallest absolute Gasteiger partial charge is 0.0578 e. The van der Waals surface area contributed by atoms with Gasteiger partial charge in [-0.3, -0.25) is 9.67 Å². The van der Waals surface area contributed by atoms with Crippen LogP contribution in [0.3, 0.4) is 0 Å². The molecule has 0 aliphatic rings. The molecular weight excluding hydrogens is 260 g/mol. The molecule has 1 aromatic carbocycles. The molecular formula is C17H18N4. The zero-order valence-corrected chi connectivity index (χ0v) is 11.8. The number of aromatic nitrogens is 3. The van der Waals surface area contributed by atoms with E-state index in [0.717, 1.165) is 13.1 Å². The van der Waals surface area contributed by atoms with E-state index in [4.69, 9.17) is 0 Å². The second-order valence-electron chi connectivity index (χ2n) is 4.85. The zero-order chi connectivity index (χ0) is 14.3. The molecule has 0 fully saturated rings. The van der Waals surface area contributed by atoms with Crippen molar-refractivity contribution in [3.8, 4) is 0 Å². The van der Waals surface area contributed by atoms with Crippen molar-refractivity contribution in [2.24, 2.45) is 0 Å². The van der Waals surface area contributed by atoms with Gasteiger partial charge < -0.3 is 5.32 Å². The second-order valence-corrected chi connectivity index (χ2v) is 4.85. The summed E-state index contributed by atoms with van der Waals surface area (Å²) in [6, 6.07) is 16.7. The van der Waals surface area contributed by atoms with Crippen molar-refractivity contribution in [2.45, 2.75) is 12.6 Å². The van der Waals surface area contributed by atoms with E-state index in [0.29, 0.717) is 0 Å². The number of rotatable bonds is 6. The Hall–Kier alpha value is -2.46.